The highest BCUT2D eigenvalue weighted by atomic mass is 16.4. The molecule has 0 spiro atoms. The minimum atomic E-state index is -0.391. The van der Waals surface area contributed by atoms with Gasteiger partial charge in [-0.25, -0.2) is 4.79 Å². The van der Waals surface area contributed by atoms with E-state index < -0.39 is 5.63 Å². The van der Waals surface area contributed by atoms with Crippen LogP contribution in [0.1, 0.15) is 46.7 Å². The Morgan fingerprint density at radius 2 is 1.86 bits per heavy atom. The third-order valence-corrected chi connectivity index (χ3v) is 7.96. The molecule has 2 atom stereocenters. The number of furan rings is 1. The van der Waals surface area contributed by atoms with Crippen molar-refractivity contribution < 1.29 is 13.6 Å². The van der Waals surface area contributed by atoms with E-state index in [4.69, 9.17) is 8.83 Å². The van der Waals surface area contributed by atoms with E-state index in [1.54, 1.807) is 18.4 Å². The molecule has 35 heavy (non-hydrogen) atoms. The van der Waals surface area contributed by atoms with Gasteiger partial charge in [0.25, 0.3) is 5.56 Å². The van der Waals surface area contributed by atoms with Gasteiger partial charge in [0.15, 0.2) is 0 Å². The molecule has 1 amide bonds. The van der Waals surface area contributed by atoms with Gasteiger partial charge in [0.1, 0.15) is 11.2 Å². The Kier molecular flexibility index (Phi) is 4.99. The van der Waals surface area contributed by atoms with Gasteiger partial charge in [-0.15, -0.1) is 0 Å². The number of carbonyl (C=O) groups is 1. The van der Waals surface area contributed by atoms with E-state index in [1.807, 2.05) is 42.4 Å². The number of nitrogens with zero attached hydrogens (tertiary/aromatic N) is 2. The molecule has 0 unspecified atom stereocenters. The van der Waals surface area contributed by atoms with Crippen molar-refractivity contribution in [3.05, 3.63) is 79.3 Å². The van der Waals surface area contributed by atoms with Gasteiger partial charge in [-0.3, -0.25) is 9.59 Å². The first-order valence-corrected chi connectivity index (χ1v) is 12.2. The number of hydrogen-bond acceptors (Lipinski definition) is 5. The second kappa shape index (κ2) is 7.97. The van der Waals surface area contributed by atoms with E-state index in [2.05, 4.69) is 0 Å². The number of aryl methyl sites for hydroxylation is 3. The summed E-state index contributed by atoms with van der Waals surface area (Å²) in [4.78, 5) is 40.3. The van der Waals surface area contributed by atoms with Crippen LogP contribution in [0.4, 0.5) is 0 Å². The lowest BCUT2D eigenvalue weighted by atomic mass is 9.83. The average molecular weight is 473 g/mol. The number of likely N-dealkylation sites (tertiary alicyclic amines) is 1. The molecule has 7 nitrogen and oxygen atoms in total. The van der Waals surface area contributed by atoms with Gasteiger partial charge in [0, 0.05) is 65.6 Å². The number of fused-ring (bicyclic) bond motifs is 6. The molecule has 0 aliphatic carbocycles. The number of benzene rings is 1. The summed E-state index contributed by atoms with van der Waals surface area (Å²) in [5, 5.41) is 1.89. The molecule has 4 aromatic rings. The zero-order valence-corrected chi connectivity index (χ0v) is 20.2. The van der Waals surface area contributed by atoms with Crippen LogP contribution < -0.4 is 11.2 Å². The predicted octanol–water partition coefficient (Wildman–Crippen LogP) is 4.20. The van der Waals surface area contributed by atoms with E-state index in [0.29, 0.717) is 37.2 Å². The molecule has 0 radical (unpaired) electrons. The van der Waals surface area contributed by atoms with Crippen molar-refractivity contribution in [3.63, 3.8) is 0 Å². The summed E-state index contributed by atoms with van der Waals surface area (Å²) in [7, 11) is 0. The van der Waals surface area contributed by atoms with E-state index in [-0.39, 0.29) is 29.7 Å². The van der Waals surface area contributed by atoms with Crippen molar-refractivity contribution >= 4 is 27.8 Å². The van der Waals surface area contributed by atoms with E-state index >= 15 is 0 Å². The monoisotopic (exact) mass is 472 g/mol. The highest BCUT2D eigenvalue weighted by Gasteiger charge is 2.36. The van der Waals surface area contributed by atoms with E-state index in [1.165, 1.54) is 0 Å². The Hall–Kier alpha value is -3.61. The molecular formula is C28H28N2O5. The Morgan fingerprint density at radius 1 is 1.03 bits per heavy atom. The van der Waals surface area contributed by atoms with Crippen molar-refractivity contribution in [1.82, 2.24) is 9.47 Å². The number of rotatable bonds is 3. The van der Waals surface area contributed by atoms with Crippen LogP contribution in [0.3, 0.4) is 0 Å². The Labute approximate surface area is 201 Å². The summed E-state index contributed by atoms with van der Waals surface area (Å²) in [5.41, 5.74) is 5.21. The van der Waals surface area contributed by atoms with Crippen LogP contribution in [0, 0.1) is 26.7 Å². The Bertz CT molecular complexity index is 1620. The molecule has 3 aromatic heterocycles. The minimum absolute atomic E-state index is 0.0357. The first-order chi connectivity index (χ1) is 16.8. The maximum absolute atomic E-state index is 13.2. The second-order valence-corrected chi connectivity index (χ2v) is 10.2. The van der Waals surface area contributed by atoms with Gasteiger partial charge in [0.05, 0.1) is 6.26 Å². The minimum Gasteiger partial charge on any atom is -0.464 e. The van der Waals surface area contributed by atoms with Gasteiger partial charge >= 0.3 is 5.63 Å². The quantitative estimate of drug-likeness (QED) is 0.417. The lowest BCUT2D eigenvalue weighted by Gasteiger charge is -2.42. The van der Waals surface area contributed by atoms with Crippen molar-refractivity contribution in [1.29, 1.82) is 0 Å². The summed E-state index contributed by atoms with van der Waals surface area (Å²) in [6, 6.07) is 7.43. The van der Waals surface area contributed by atoms with Crippen molar-refractivity contribution in [3.8, 4) is 0 Å². The van der Waals surface area contributed by atoms with Crippen molar-refractivity contribution in [2.45, 2.75) is 52.5 Å². The molecule has 1 aromatic carbocycles. The number of hydrogen-bond donors (Lipinski definition) is 0. The molecule has 0 saturated carbocycles. The molecule has 1 fully saturated rings. The third kappa shape index (κ3) is 3.44. The van der Waals surface area contributed by atoms with Crippen LogP contribution in [0.15, 0.2) is 49.0 Å². The highest BCUT2D eigenvalue weighted by Crippen LogP contribution is 2.36. The molecule has 2 aliphatic rings. The van der Waals surface area contributed by atoms with Gasteiger partial charge in [-0.1, -0.05) is 6.07 Å². The van der Waals surface area contributed by atoms with Crippen molar-refractivity contribution in [2.75, 3.05) is 13.1 Å². The van der Waals surface area contributed by atoms with Gasteiger partial charge < -0.3 is 18.3 Å². The fourth-order valence-corrected chi connectivity index (χ4v) is 6.10. The topological polar surface area (TPSA) is 85.7 Å². The predicted molar refractivity (Wildman–Crippen MR) is 133 cm³/mol. The van der Waals surface area contributed by atoms with Crippen LogP contribution >= 0.6 is 0 Å². The smallest absolute Gasteiger partial charge is 0.339 e. The van der Waals surface area contributed by atoms with Crippen LogP contribution in [-0.4, -0.2) is 28.5 Å². The molecule has 1 saturated heterocycles. The van der Waals surface area contributed by atoms with Crippen LogP contribution in [0.2, 0.25) is 0 Å². The Balaban J connectivity index is 1.26. The van der Waals surface area contributed by atoms with Crippen LogP contribution in [-0.2, 0) is 17.8 Å². The maximum Gasteiger partial charge on any atom is 0.339 e. The molecule has 7 heteroatoms. The molecule has 180 valence electrons. The summed E-state index contributed by atoms with van der Waals surface area (Å²) in [6.07, 6.45) is 3.31. The number of pyridine rings is 1. The largest absolute Gasteiger partial charge is 0.464 e. The number of piperidine rings is 1. The summed E-state index contributed by atoms with van der Waals surface area (Å²) >= 11 is 0. The first kappa shape index (κ1) is 21.9. The zero-order chi connectivity index (χ0) is 24.4. The van der Waals surface area contributed by atoms with Crippen molar-refractivity contribution in [2.24, 2.45) is 5.92 Å². The lowest BCUT2D eigenvalue weighted by molar-refractivity contribution is -0.133. The Morgan fingerprint density at radius 3 is 2.69 bits per heavy atom. The summed E-state index contributed by atoms with van der Waals surface area (Å²) < 4.78 is 13.3. The molecule has 0 N–H and O–H groups in total. The number of aromatic nitrogens is 1. The van der Waals surface area contributed by atoms with E-state index in [9.17, 15) is 14.4 Å². The zero-order valence-electron chi connectivity index (χ0n) is 20.2. The summed E-state index contributed by atoms with van der Waals surface area (Å²) in [5.74, 6) is 0.500. The maximum atomic E-state index is 13.2. The van der Waals surface area contributed by atoms with Gasteiger partial charge in [-0.2, -0.15) is 0 Å². The first-order valence-electron chi connectivity index (χ1n) is 12.2. The van der Waals surface area contributed by atoms with E-state index in [0.717, 1.165) is 45.2 Å². The second-order valence-electron chi connectivity index (χ2n) is 10.2. The number of amides is 1. The molecular weight excluding hydrogens is 444 g/mol. The highest BCUT2D eigenvalue weighted by molar-refractivity contribution is 5.99. The molecule has 6 rings (SSSR count). The van der Waals surface area contributed by atoms with Crippen LogP contribution in [0.25, 0.3) is 21.9 Å². The number of carbonyl (C=O) groups excluding carboxylic acids is 1. The molecule has 2 bridgehead atoms. The molecule has 2 aliphatic heterocycles. The lowest BCUT2D eigenvalue weighted by Crippen LogP contribution is -2.49. The van der Waals surface area contributed by atoms with Gasteiger partial charge in [-0.05, 0) is 62.8 Å². The fraction of sp³-hybridized carbons (Fsp3) is 0.393. The average Bonchev–Trinajstić information content (AvgIpc) is 3.21. The fourth-order valence-electron chi connectivity index (χ4n) is 6.10. The van der Waals surface area contributed by atoms with Gasteiger partial charge in [0.2, 0.25) is 5.91 Å². The molecule has 5 heterocycles. The van der Waals surface area contributed by atoms with Crippen LogP contribution in [0.5, 0.6) is 0 Å². The SMILES string of the molecule is Cc1coc2c(C)c3oc(=O)c(CCC(=O)N4C[C@@H]5C[C@H](C4)c4cccc(=O)n4C5)c(C)c3cc12. The standard InChI is InChI=1S/C28H28N2O5/c1-15-14-34-26-17(3)27-22(10-21(15)26)16(2)20(28(33)35-27)7-8-24(31)29-11-18-9-19(13-29)23-5-4-6-25(32)30(23)12-18/h4-6,10,14,18-19H,7-9,11-13H2,1-3H3/t18-,19+/m0/s1. The normalized spacial score (nSPS) is 19.3. The summed E-state index contributed by atoms with van der Waals surface area (Å²) in [6.45, 7) is 7.75. The third-order valence-electron chi connectivity index (χ3n) is 7.96.